The molecule has 0 radical (unpaired) electrons. The minimum absolute atomic E-state index is 0.0844. The Morgan fingerprint density at radius 2 is 1.84 bits per heavy atom. The first-order valence-electron chi connectivity index (χ1n) is 5.50. The summed E-state index contributed by atoms with van der Waals surface area (Å²) in [6, 6.07) is 8.15. The zero-order chi connectivity index (χ0) is 14.0. The molecular formula is C14H9BrClF3. The molecule has 5 heteroatoms. The maximum absolute atomic E-state index is 13.5. The van der Waals surface area contributed by atoms with Crippen molar-refractivity contribution in [3.63, 3.8) is 0 Å². The standard InChI is InChI=1S/C14H9BrClF3/c15-10-4-9(5-11(17)7-10)12(16)6-8-2-1-3-13(18)14(8)19/h1-5,7,12H,6H2. The van der Waals surface area contributed by atoms with Crippen molar-refractivity contribution in [3.05, 3.63) is 69.4 Å². The molecule has 0 amide bonds. The monoisotopic (exact) mass is 348 g/mol. The molecule has 1 unspecified atom stereocenters. The molecule has 2 aromatic rings. The second-order valence-corrected chi connectivity index (χ2v) is 5.53. The fraction of sp³-hybridized carbons (Fsp3) is 0.143. The second kappa shape index (κ2) is 5.97. The van der Waals surface area contributed by atoms with Gasteiger partial charge >= 0.3 is 0 Å². The van der Waals surface area contributed by atoms with Crippen LogP contribution in [0.4, 0.5) is 13.2 Å². The van der Waals surface area contributed by atoms with Gasteiger partial charge in [-0.25, -0.2) is 13.2 Å². The van der Waals surface area contributed by atoms with Gasteiger partial charge in [0.2, 0.25) is 0 Å². The zero-order valence-electron chi connectivity index (χ0n) is 9.64. The summed E-state index contributed by atoms with van der Waals surface area (Å²) < 4.78 is 40.4. The molecule has 0 nitrogen and oxygen atoms in total. The molecule has 0 N–H and O–H groups in total. The van der Waals surface area contributed by atoms with Crippen LogP contribution in [0.3, 0.4) is 0 Å². The van der Waals surface area contributed by atoms with Crippen LogP contribution in [0.2, 0.25) is 0 Å². The number of halogens is 5. The van der Waals surface area contributed by atoms with Gasteiger partial charge in [0.25, 0.3) is 0 Å². The molecule has 0 heterocycles. The van der Waals surface area contributed by atoms with E-state index in [1.54, 1.807) is 6.07 Å². The highest BCUT2D eigenvalue weighted by atomic mass is 79.9. The number of benzene rings is 2. The maximum atomic E-state index is 13.5. The third kappa shape index (κ3) is 3.51. The minimum atomic E-state index is -0.915. The highest BCUT2D eigenvalue weighted by Gasteiger charge is 2.15. The van der Waals surface area contributed by atoms with Gasteiger partial charge in [-0.1, -0.05) is 28.1 Å². The molecule has 2 rings (SSSR count). The third-order valence-electron chi connectivity index (χ3n) is 2.68. The van der Waals surface area contributed by atoms with E-state index in [1.807, 2.05) is 0 Å². The van der Waals surface area contributed by atoms with Gasteiger partial charge in [0.15, 0.2) is 11.6 Å². The van der Waals surface area contributed by atoms with E-state index in [4.69, 9.17) is 11.6 Å². The van der Waals surface area contributed by atoms with Crippen LogP contribution in [0.15, 0.2) is 40.9 Å². The van der Waals surface area contributed by atoms with Gasteiger partial charge < -0.3 is 0 Å². The van der Waals surface area contributed by atoms with Gasteiger partial charge in [-0.3, -0.25) is 0 Å². The van der Waals surface area contributed by atoms with Crippen LogP contribution in [0.25, 0.3) is 0 Å². The Labute approximate surface area is 122 Å². The van der Waals surface area contributed by atoms with E-state index in [-0.39, 0.29) is 12.0 Å². The third-order valence-corrected chi connectivity index (χ3v) is 3.54. The Hall–Kier alpha value is -1.00. The van der Waals surface area contributed by atoms with Crippen LogP contribution in [0, 0.1) is 17.5 Å². The first kappa shape index (κ1) is 14.4. The summed E-state index contributed by atoms with van der Waals surface area (Å²) in [6.45, 7) is 0. The van der Waals surface area contributed by atoms with Gasteiger partial charge in [-0.05, 0) is 41.8 Å². The summed E-state index contributed by atoms with van der Waals surface area (Å²) in [4.78, 5) is 0. The Morgan fingerprint density at radius 1 is 1.11 bits per heavy atom. The summed E-state index contributed by atoms with van der Waals surface area (Å²) in [5.74, 6) is -2.26. The van der Waals surface area contributed by atoms with E-state index in [0.29, 0.717) is 10.0 Å². The van der Waals surface area contributed by atoms with E-state index in [1.165, 1.54) is 24.3 Å². The van der Waals surface area contributed by atoms with E-state index in [2.05, 4.69) is 15.9 Å². The summed E-state index contributed by atoms with van der Waals surface area (Å²) in [7, 11) is 0. The Morgan fingerprint density at radius 3 is 2.53 bits per heavy atom. The van der Waals surface area contributed by atoms with Crippen LogP contribution < -0.4 is 0 Å². The molecule has 0 aromatic heterocycles. The van der Waals surface area contributed by atoms with Crippen LogP contribution in [-0.2, 0) is 6.42 Å². The van der Waals surface area contributed by atoms with E-state index in [9.17, 15) is 13.2 Å². The molecule has 19 heavy (non-hydrogen) atoms. The molecule has 0 aliphatic rings. The largest absolute Gasteiger partial charge is 0.207 e. The molecule has 0 saturated heterocycles. The lowest BCUT2D eigenvalue weighted by Gasteiger charge is -2.11. The normalized spacial score (nSPS) is 12.5. The number of hydrogen-bond donors (Lipinski definition) is 0. The smallest absolute Gasteiger partial charge is 0.162 e. The topological polar surface area (TPSA) is 0 Å². The van der Waals surface area contributed by atoms with Gasteiger partial charge in [-0.15, -0.1) is 11.6 Å². The molecule has 0 spiro atoms. The molecule has 1 atom stereocenters. The first-order valence-corrected chi connectivity index (χ1v) is 6.73. The van der Waals surface area contributed by atoms with Crippen LogP contribution in [-0.4, -0.2) is 0 Å². The van der Waals surface area contributed by atoms with Crippen molar-refractivity contribution in [1.82, 2.24) is 0 Å². The van der Waals surface area contributed by atoms with Gasteiger partial charge in [0.05, 0.1) is 5.38 Å². The molecular weight excluding hydrogens is 341 g/mol. The molecule has 0 saturated carbocycles. The van der Waals surface area contributed by atoms with E-state index >= 15 is 0 Å². The fourth-order valence-corrected chi connectivity index (χ4v) is 2.55. The average Bonchev–Trinajstić information content (AvgIpc) is 2.33. The minimum Gasteiger partial charge on any atom is -0.207 e. The second-order valence-electron chi connectivity index (χ2n) is 4.09. The zero-order valence-corrected chi connectivity index (χ0v) is 12.0. The lowest BCUT2D eigenvalue weighted by molar-refractivity contribution is 0.498. The lowest BCUT2D eigenvalue weighted by atomic mass is 10.0. The summed E-state index contributed by atoms with van der Waals surface area (Å²) in [5.41, 5.74) is 0.678. The molecule has 0 aliphatic heterocycles. The number of rotatable bonds is 3. The predicted molar refractivity (Wildman–Crippen MR) is 72.8 cm³/mol. The van der Waals surface area contributed by atoms with E-state index in [0.717, 1.165) is 6.07 Å². The SMILES string of the molecule is Fc1cc(Br)cc(C(Cl)Cc2cccc(F)c2F)c1. The van der Waals surface area contributed by atoms with Gasteiger partial charge in [0.1, 0.15) is 5.82 Å². The van der Waals surface area contributed by atoms with Crippen molar-refractivity contribution in [1.29, 1.82) is 0 Å². The Bertz CT molecular complexity index is 581. The average molecular weight is 350 g/mol. The quantitative estimate of drug-likeness (QED) is 0.652. The fourth-order valence-electron chi connectivity index (χ4n) is 1.77. The Kier molecular flexibility index (Phi) is 4.53. The number of hydrogen-bond acceptors (Lipinski definition) is 0. The summed E-state index contributed by atoms with van der Waals surface area (Å²) in [5, 5.41) is -0.636. The maximum Gasteiger partial charge on any atom is 0.162 e. The van der Waals surface area contributed by atoms with Crippen molar-refractivity contribution < 1.29 is 13.2 Å². The molecule has 2 aromatic carbocycles. The first-order chi connectivity index (χ1) is 8.97. The summed E-state index contributed by atoms with van der Waals surface area (Å²) in [6.07, 6.45) is 0.0844. The Balaban J connectivity index is 2.25. The van der Waals surface area contributed by atoms with Crippen molar-refractivity contribution in [3.8, 4) is 0 Å². The molecule has 100 valence electrons. The number of alkyl halides is 1. The molecule has 0 bridgehead atoms. The van der Waals surface area contributed by atoms with Crippen molar-refractivity contribution in [2.75, 3.05) is 0 Å². The highest BCUT2D eigenvalue weighted by Crippen LogP contribution is 2.29. The highest BCUT2D eigenvalue weighted by molar-refractivity contribution is 9.10. The van der Waals surface area contributed by atoms with Gasteiger partial charge in [0, 0.05) is 4.47 Å². The lowest BCUT2D eigenvalue weighted by Crippen LogP contribution is -2.01. The van der Waals surface area contributed by atoms with Gasteiger partial charge in [-0.2, -0.15) is 0 Å². The van der Waals surface area contributed by atoms with E-state index < -0.39 is 22.8 Å². The molecule has 0 aliphatic carbocycles. The predicted octanol–water partition coefficient (Wildman–Crippen LogP) is 5.39. The molecule has 0 fully saturated rings. The van der Waals surface area contributed by atoms with Crippen LogP contribution in [0.5, 0.6) is 0 Å². The van der Waals surface area contributed by atoms with Crippen LogP contribution in [0.1, 0.15) is 16.5 Å². The van der Waals surface area contributed by atoms with Crippen molar-refractivity contribution >= 4 is 27.5 Å². The van der Waals surface area contributed by atoms with Crippen molar-refractivity contribution in [2.24, 2.45) is 0 Å². The van der Waals surface area contributed by atoms with Crippen LogP contribution >= 0.6 is 27.5 Å². The summed E-state index contributed by atoms with van der Waals surface area (Å²) >= 11 is 9.29. The van der Waals surface area contributed by atoms with Crippen molar-refractivity contribution in [2.45, 2.75) is 11.8 Å².